The standard InChI is InChI=1S/C24H33N7O/c1-5-21(29-10-8-28(4)9-11-29)18-6-7-22-19(14-18)23-27-20(15-30(23)12-13-32-22)24-25-16-26-31(24)17(2)3/h6-7,14-17,21H,5,8-13H2,1-4H3/t21-/m1/s1. The molecule has 1 aromatic carbocycles. The molecule has 4 heterocycles. The molecule has 2 aromatic heterocycles. The summed E-state index contributed by atoms with van der Waals surface area (Å²) < 4.78 is 10.2. The number of imidazole rings is 1. The van der Waals surface area contributed by atoms with E-state index in [0.29, 0.717) is 12.6 Å². The molecule has 0 radical (unpaired) electrons. The summed E-state index contributed by atoms with van der Waals surface area (Å²) in [4.78, 5) is 14.5. The second-order valence-corrected chi connectivity index (χ2v) is 9.13. The summed E-state index contributed by atoms with van der Waals surface area (Å²) in [6.45, 7) is 12.3. The molecule has 0 N–H and O–H groups in total. The number of likely N-dealkylation sites (N-methyl/N-ethyl adjacent to an activating group) is 1. The van der Waals surface area contributed by atoms with Crippen LogP contribution in [-0.4, -0.2) is 73.9 Å². The number of hydrogen-bond acceptors (Lipinski definition) is 6. The summed E-state index contributed by atoms with van der Waals surface area (Å²) in [5.41, 5.74) is 3.26. The van der Waals surface area contributed by atoms with Crippen LogP contribution in [0.4, 0.5) is 0 Å². The summed E-state index contributed by atoms with van der Waals surface area (Å²) in [6.07, 6.45) is 4.78. The summed E-state index contributed by atoms with van der Waals surface area (Å²) >= 11 is 0. The van der Waals surface area contributed by atoms with Crippen LogP contribution in [0.5, 0.6) is 5.75 Å². The minimum absolute atomic E-state index is 0.227. The Morgan fingerprint density at radius 1 is 1.06 bits per heavy atom. The monoisotopic (exact) mass is 435 g/mol. The van der Waals surface area contributed by atoms with Crippen molar-refractivity contribution in [1.82, 2.24) is 34.1 Å². The van der Waals surface area contributed by atoms with Crippen LogP contribution in [0.15, 0.2) is 30.7 Å². The lowest BCUT2D eigenvalue weighted by Crippen LogP contribution is -2.45. The van der Waals surface area contributed by atoms with Crippen molar-refractivity contribution in [2.45, 2.75) is 45.8 Å². The van der Waals surface area contributed by atoms with Gasteiger partial charge in [0.15, 0.2) is 5.82 Å². The fourth-order valence-electron chi connectivity index (χ4n) is 4.87. The molecule has 1 saturated heterocycles. The first-order valence-corrected chi connectivity index (χ1v) is 11.7. The summed E-state index contributed by atoms with van der Waals surface area (Å²) in [5.74, 6) is 2.66. The van der Waals surface area contributed by atoms with E-state index in [4.69, 9.17) is 9.72 Å². The quantitative estimate of drug-likeness (QED) is 0.611. The Morgan fingerprint density at radius 3 is 2.62 bits per heavy atom. The molecule has 0 unspecified atom stereocenters. The number of aromatic nitrogens is 5. The zero-order valence-corrected chi connectivity index (χ0v) is 19.5. The third kappa shape index (κ3) is 3.82. The molecule has 3 aromatic rings. The Hall–Kier alpha value is -2.71. The number of benzene rings is 1. The molecule has 170 valence electrons. The van der Waals surface area contributed by atoms with Gasteiger partial charge in [-0.15, -0.1) is 0 Å². The van der Waals surface area contributed by atoms with Gasteiger partial charge in [-0.3, -0.25) is 4.90 Å². The molecule has 2 aliphatic heterocycles. The molecule has 2 aliphatic rings. The zero-order chi connectivity index (χ0) is 22.2. The molecule has 0 amide bonds. The van der Waals surface area contributed by atoms with Gasteiger partial charge in [-0.25, -0.2) is 14.6 Å². The molecular weight excluding hydrogens is 402 g/mol. The van der Waals surface area contributed by atoms with Crippen LogP contribution in [0.25, 0.3) is 22.9 Å². The summed E-state index contributed by atoms with van der Waals surface area (Å²) in [6, 6.07) is 7.29. The van der Waals surface area contributed by atoms with Crippen LogP contribution < -0.4 is 4.74 Å². The van der Waals surface area contributed by atoms with Crippen molar-refractivity contribution in [1.29, 1.82) is 0 Å². The van der Waals surface area contributed by atoms with Gasteiger partial charge >= 0.3 is 0 Å². The van der Waals surface area contributed by atoms with Crippen LogP contribution in [0.1, 0.15) is 44.8 Å². The molecule has 0 aliphatic carbocycles. The van der Waals surface area contributed by atoms with Gasteiger partial charge < -0.3 is 14.2 Å². The first kappa shape index (κ1) is 21.2. The maximum atomic E-state index is 6.10. The van der Waals surface area contributed by atoms with Gasteiger partial charge in [0.1, 0.15) is 30.2 Å². The molecule has 0 spiro atoms. The number of piperazine rings is 1. The first-order chi connectivity index (χ1) is 15.5. The van der Waals surface area contributed by atoms with Crippen LogP contribution in [-0.2, 0) is 6.54 Å². The SMILES string of the molecule is CC[C@H](c1ccc2c(c1)-c1nc(-c3ncnn3C(C)C)cn1CCO2)N1CCN(C)CC1. The minimum atomic E-state index is 0.227. The maximum Gasteiger partial charge on any atom is 0.178 e. The summed E-state index contributed by atoms with van der Waals surface area (Å²) in [5, 5.41) is 4.39. The van der Waals surface area contributed by atoms with Gasteiger partial charge in [-0.05, 0) is 45.0 Å². The topological polar surface area (TPSA) is 64.2 Å². The number of ether oxygens (including phenoxy) is 1. The molecule has 1 fully saturated rings. The largest absolute Gasteiger partial charge is 0.491 e. The van der Waals surface area contributed by atoms with Crippen molar-refractivity contribution in [3.05, 3.63) is 36.3 Å². The second-order valence-electron chi connectivity index (χ2n) is 9.13. The Labute approximate surface area is 189 Å². The Kier molecular flexibility index (Phi) is 5.73. The van der Waals surface area contributed by atoms with Crippen molar-refractivity contribution in [3.8, 4) is 28.7 Å². The van der Waals surface area contributed by atoms with Crippen molar-refractivity contribution in [2.75, 3.05) is 39.8 Å². The van der Waals surface area contributed by atoms with Gasteiger partial charge in [0, 0.05) is 44.5 Å². The number of fused-ring (bicyclic) bond motifs is 3. The third-order valence-electron chi connectivity index (χ3n) is 6.65. The van der Waals surface area contributed by atoms with E-state index in [1.807, 2.05) is 4.68 Å². The highest BCUT2D eigenvalue weighted by atomic mass is 16.5. The third-order valence-corrected chi connectivity index (χ3v) is 6.65. The highest BCUT2D eigenvalue weighted by molar-refractivity contribution is 5.69. The van der Waals surface area contributed by atoms with Crippen LogP contribution in [0.2, 0.25) is 0 Å². The highest BCUT2D eigenvalue weighted by Crippen LogP contribution is 2.37. The highest BCUT2D eigenvalue weighted by Gasteiger charge is 2.26. The molecule has 8 nitrogen and oxygen atoms in total. The van der Waals surface area contributed by atoms with Gasteiger partial charge in [-0.2, -0.15) is 5.10 Å². The van der Waals surface area contributed by atoms with Gasteiger partial charge in [0.2, 0.25) is 0 Å². The Balaban J connectivity index is 1.53. The van der Waals surface area contributed by atoms with E-state index in [1.54, 1.807) is 6.33 Å². The normalized spacial score (nSPS) is 18.2. The smallest absolute Gasteiger partial charge is 0.178 e. The molecule has 8 heteroatoms. The van der Waals surface area contributed by atoms with Crippen molar-refractivity contribution in [3.63, 3.8) is 0 Å². The van der Waals surface area contributed by atoms with Gasteiger partial charge in [0.05, 0.1) is 12.1 Å². The minimum Gasteiger partial charge on any atom is -0.491 e. The van der Waals surface area contributed by atoms with E-state index in [2.05, 4.69) is 76.7 Å². The lowest BCUT2D eigenvalue weighted by Gasteiger charge is -2.38. The van der Waals surface area contributed by atoms with Crippen LogP contribution >= 0.6 is 0 Å². The number of hydrogen-bond donors (Lipinski definition) is 0. The van der Waals surface area contributed by atoms with E-state index in [1.165, 1.54) is 5.56 Å². The first-order valence-electron chi connectivity index (χ1n) is 11.7. The van der Waals surface area contributed by atoms with Crippen molar-refractivity contribution in [2.24, 2.45) is 0 Å². The summed E-state index contributed by atoms with van der Waals surface area (Å²) in [7, 11) is 2.20. The predicted molar refractivity (Wildman–Crippen MR) is 125 cm³/mol. The average molecular weight is 436 g/mol. The van der Waals surface area contributed by atoms with E-state index in [-0.39, 0.29) is 6.04 Å². The van der Waals surface area contributed by atoms with E-state index in [0.717, 1.165) is 67.8 Å². The molecule has 1 atom stereocenters. The molecule has 5 rings (SSSR count). The lowest BCUT2D eigenvalue weighted by atomic mass is 9.98. The fraction of sp³-hybridized carbons (Fsp3) is 0.542. The second kappa shape index (κ2) is 8.67. The van der Waals surface area contributed by atoms with Crippen molar-refractivity contribution >= 4 is 0 Å². The molecule has 32 heavy (non-hydrogen) atoms. The van der Waals surface area contributed by atoms with Gasteiger partial charge in [0.25, 0.3) is 0 Å². The maximum absolute atomic E-state index is 6.10. The van der Waals surface area contributed by atoms with E-state index >= 15 is 0 Å². The molecule has 0 bridgehead atoms. The van der Waals surface area contributed by atoms with Crippen molar-refractivity contribution < 1.29 is 4.74 Å². The molecular formula is C24H33N7O. The van der Waals surface area contributed by atoms with Crippen LogP contribution in [0.3, 0.4) is 0 Å². The molecule has 0 saturated carbocycles. The van der Waals surface area contributed by atoms with Gasteiger partial charge in [-0.1, -0.05) is 13.0 Å². The van der Waals surface area contributed by atoms with Crippen LogP contribution in [0, 0.1) is 0 Å². The predicted octanol–water partition coefficient (Wildman–Crippen LogP) is 3.48. The lowest BCUT2D eigenvalue weighted by molar-refractivity contribution is 0.109. The average Bonchev–Trinajstić information content (AvgIpc) is 3.40. The number of rotatable bonds is 5. The van der Waals surface area contributed by atoms with E-state index < -0.39 is 0 Å². The Morgan fingerprint density at radius 2 is 1.88 bits per heavy atom. The fourth-order valence-corrected chi connectivity index (χ4v) is 4.87. The van der Waals surface area contributed by atoms with E-state index in [9.17, 15) is 0 Å². The Bertz CT molecular complexity index is 1080. The zero-order valence-electron chi connectivity index (χ0n) is 19.5. The number of nitrogens with zero attached hydrogens (tertiary/aromatic N) is 7.